The molecule has 0 radical (unpaired) electrons. The molecule has 2 atom stereocenters. The summed E-state index contributed by atoms with van der Waals surface area (Å²) in [5.41, 5.74) is 4.98. The van der Waals surface area contributed by atoms with Crippen LogP contribution in [0.1, 0.15) is 18.2 Å². The molecule has 0 spiro atoms. The Hall–Kier alpha value is -3.40. The van der Waals surface area contributed by atoms with Gasteiger partial charge in [0.15, 0.2) is 0 Å². The first-order chi connectivity index (χ1) is 13.9. The van der Waals surface area contributed by atoms with Gasteiger partial charge in [0.2, 0.25) is 11.8 Å². The molecule has 4 heteroatoms. The van der Waals surface area contributed by atoms with Crippen molar-refractivity contribution in [2.24, 2.45) is 11.8 Å². The van der Waals surface area contributed by atoms with Gasteiger partial charge in [-0.15, -0.1) is 10.2 Å². The highest BCUT2D eigenvalue weighted by Gasteiger charge is 2.67. The Morgan fingerprint density at radius 2 is 1.50 bits per heavy atom. The van der Waals surface area contributed by atoms with Crippen LogP contribution in [-0.4, -0.2) is 10.2 Å². The van der Waals surface area contributed by atoms with Crippen molar-refractivity contribution in [1.82, 2.24) is 10.2 Å². The van der Waals surface area contributed by atoms with Crippen molar-refractivity contribution in [1.29, 1.82) is 0 Å². The maximum atomic E-state index is 6.16. The van der Waals surface area contributed by atoms with Gasteiger partial charge in [-0.1, -0.05) is 48.5 Å². The molecule has 2 aliphatic carbocycles. The van der Waals surface area contributed by atoms with Crippen LogP contribution < -0.4 is 0 Å². The molecule has 5 aromatic rings. The largest absolute Gasteiger partial charge is 0.455 e. The van der Waals surface area contributed by atoms with Gasteiger partial charge in [-0.3, -0.25) is 0 Å². The SMILES string of the molecule is c1ccc2c(c1)oc1c(-c3ccc(-c4nnc(C5C6CC65)o4)cc3)cccc12. The summed E-state index contributed by atoms with van der Waals surface area (Å²) in [6, 6.07) is 22.7. The third-order valence-electron chi connectivity index (χ3n) is 6.25. The molecule has 2 unspecified atom stereocenters. The van der Waals surface area contributed by atoms with Gasteiger partial charge in [-0.05, 0) is 42.0 Å². The van der Waals surface area contributed by atoms with Gasteiger partial charge in [-0.25, -0.2) is 0 Å². The molecule has 28 heavy (non-hydrogen) atoms. The molecular weight excluding hydrogens is 348 g/mol. The standard InChI is InChI=1S/C24H16N2O2/c1-2-7-20-16(4-1)17-6-3-5-15(22(17)27-20)13-8-10-14(11-9-13)23-25-26-24(28-23)21-18-12-19(18)21/h1-11,18-19,21H,12H2. The van der Waals surface area contributed by atoms with Crippen molar-refractivity contribution in [3.63, 3.8) is 0 Å². The van der Waals surface area contributed by atoms with Crippen LogP contribution in [0.5, 0.6) is 0 Å². The van der Waals surface area contributed by atoms with E-state index in [2.05, 4.69) is 46.6 Å². The highest BCUT2D eigenvalue weighted by atomic mass is 16.4. The smallest absolute Gasteiger partial charge is 0.247 e. The predicted octanol–water partition coefficient (Wildman–Crippen LogP) is 6.04. The molecule has 0 aliphatic heterocycles. The lowest BCUT2D eigenvalue weighted by Gasteiger charge is -2.03. The van der Waals surface area contributed by atoms with Crippen LogP contribution in [0.4, 0.5) is 0 Å². The molecular formula is C24H16N2O2. The zero-order valence-corrected chi connectivity index (χ0v) is 15.0. The van der Waals surface area contributed by atoms with Crippen LogP contribution in [0.3, 0.4) is 0 Å². The van der Waals surface area contributed by atoms with Crippen molar-refractivity contribution in [3.05, 3.63) is 72.6 Å². The number of fused-ring (bicyclic) bond motifs is 4. The fraction of sp³-hybridized carbons (Fsp3) is 0.167. The first-order valence-corrected chi connectivity index (χ1v) is 9.71. The molecule has 7 rings (SSSR count). The van der Waals surface area contributed by atoms with Gasteiger partial charge >= 0.3 is 0 Å². The monoisotopic (exact) mass is 364 g/mol. The number of furan rings is 1. The molecule has 2 saturated carbocycles. The lowest BCUT2D eigenvalue weighted by atomic mass is 10.0. The number of hydrogen-bond acceptors (Lipinski definition) is 4. The molecule has 4 nitrogen and oxygen atoms in total. The predicted molar refractivity (Wildman–Crippen MR) is 107 cm³/mol. The third-order valence-corrected chi connectivity index (χ3v) is 6.25. The molecule has 0 saturated heterocycles. The normalized spacial score (nSPS) is 22.5. The van der Waals surface area contributed by atoms with Crippen LogP contribution in [0.25, 0.3) is 44.5 Å². The lowest BCUT2D eigenvalue weighted by molar-refractivity contribution is 0.478. The van der Waals surface area contributed by atoms with Crippen LogP contribution in [-0.2, 0) is 0 Å². The Bertz CT molecular complexity index is 1350. The van der Waals surface area contributed by atoms with E-state index < -0.39 is 0 Å². The molecule has 0 bridgehead atoms. The van der Waals surface area contributed by atoms with Gasteiger partial charge in [-0.2, -0.15) is 0 Å². The second-order valence-electron chi connectivity index (χ2n) is 7.89. The van der Waals surface area contributed by atoms with Gasteiger partial charge in [0, 0.05) is 27.8 Å². The van der Waals surface area contributed by atoms with E-state index in [1.165, 1.54) is 6.42 Å². The summed E-state index contributed by atoms with van der Waals surface area (Å²) in [5.74, 6) is 3.59. The summed E-state index contributed by atoms with van der Waals surface area (Å²) in [4.78, 5) is 0. The van der Waals surface area contributed by atoms with E-state index in [4.69, 9.17) is 8.83 Å². The van der Waals surface area contributed by atoms with E-state index in [1.807, 2.05) is 30.3 Å². The highest BCUT2D eigenvalue weighted by Crippen LogP contribution is 2.73. The molecule has 3 aromatic carbocycles. The summed E-state index contributed by atoms with van der Waals surface area (Å²) in [6.45, 7) is 0. The second kappa shape index (κ2) is 5.10. The summed E-state index contributed by atoms with van der Waals surface area (Å²) in [5, 5.41) is 10.8. The Labute approximate surface area is 160 Å². The van der Waals surface area contributed by atoms with Crippen molar-refractivity contribution in [2.45, 2.75) is 12.3 Å². The van der Waals surface area contributed by atoms with Crippen molar-refractivity contribution >= 4 is 21.9 Å². The fourth-order valence-corrected chi connectivity index (χ4v) is 4.40. The molecule has 2 fully saturated rings. The number of aromatic nitrogens is 2. The van der Waals surface area contributed by atoms with Crippen molar-refractivity contribution in [2.75, 3.05) is 0 Å². The topological polar surface area (TPSA) is 52.1 Å². The first-order valence-electron chi connectivity index (χ1n) is 9.71. The number of para-hydroxylation sites is 2. The van der Waals surface area contributed by atoms with Gasteiger partial charge in [0.1, 0.15) is 11.2 Å². The Morgan fingerprint density at radius 1 is 0.714 bits per heavy atom. The zero-order chi connectivity index (χ0) is 18.2. The maximum Gasteiger partial charge on any atom is 0.247 e. The maximum absolute atomic E-state index is 6.16. The quantitative estimate of drug-likeness (QED) is 0.392. The van der Waals surface area contributed by atoms with Crippen LogP contribution >= 0.6 is 0 Å². The van der Waals surface area contributed by atoms with Gasteiger partial charge < -0.3 is 8.83 Å². The fourth-order valence-electron chi connectivity index (χ4n) is 4.40. The van der Waals surface area contributed by atoms with E-state index in [-0.39, 0.29) is 0 Å². The summed E-state index contributed by atoms with van der Waals surface area (Å²) in [7, 11) is 0. The van der Waals surface area contributed by atoms with Gasteiger partial charge in [0.05, 0.1) is 0 Å². The molecule has 2 heterocycles. The second-order valence-corrected chi connectivity index (χ2v) is 7.89. The van der Waals surface area contributed by atoms with E-state index in [0.717, 1.165) is 56.4 Å². The van der Waals surface area contributed by atoms with E-state index in [0.29, 0.717) is 11.8 Å². The minimum Gasteiger partial charge on any atom is -0.455 e. The number of benzene rings is 3. The minimum absolute atomic E-state index is 0.534. The average molecular weight is 364 g/mol. The zero-order valence-electron chi connectivity index (χ0n) is 15.0. The van der Waals surface area contributed by atoms with E-state index in [9.17, 15) is 0 Å². The third kappa shape index (κ3) is 2.00. The molecule has 2 aromatic heterocycles. The van der Waals surface area contributed by atoms with Gasteiger partial charge in [0.25, 0.3) is 0 Å². The Balaban J connectivity index is 1.28. The average Bonchev–Trinajstić information content (AvgIpc) is 3.55. The number of hydrogen-bond donors (Lipinski definition) is 0. The number of nitrogens with zero attached hydrogens (tertiary/aromatic N) is 2. The number of rotatable bonds is 3. The Kier molecular flexibility index (Phi) is 2.67. The van der Waals surface area contributed by atoms with Crippen molar-refractivity contribution < 1.29 is 8.83 Å². The van der Waals surface area contributed by atoms with Crippen LogP contribution in [0.2, 0.25) is 0 Å². The molecule has 134 valence electrons. The summed E-state index contributed by atoms with van der Waals surface area (Å²) >= 11 is 0. The van der Waals surface area contributed by atoms with E-state index >= 15 is 0 Å². The first kappa shape index (κ1) is 14.6. The minimum atomic E-state index is 0.534. The summed E-state index contributed by atoms with van der Waals surface area (Å²) in [6.07, 6.45) is 1.34. The Morgan fingerprint density at radius 3 is 2.32 bits per heavy atom. The molecule has 0 N–H and O–H groups in total. The summed E-state index contributed by atoms with van der Waals surface area (Å²) < 4.78 is 12.1. The van der Waals surface area contributed by atoms with Crippen molar-refractivity contribution in [3.8, 4) is 22.6 Å². The van der Waals surface area contributed by atoms with Crippen LogP contribution in [0, 0.1) is 11.8 Å². The molecule has 0 amide bonds. The lowest BCUT2D eigenvalue weighted by Crippen LogP contribution is -1.87. The highest BCUT2D eigenvalue weighted by molar-refractivity contribution is 6.09. The molecule has 2 aliphatic rings. The van der Waals surface area contributed by atoms with E-state index in [1.54, 1.807) is 0 Å². The van der Waals surface area contributed by atoms with Crippen LogP contribution in [0.15, 0.2) is 75.6 Å².